The Balaban J connectivity index is 1.56. The molecule has 3 aromatic rings. The van der Waals surface area contributed by atoms with Crippen LogP contribution in [0.25, 0.3) is 11.8 Å². The molecule has 0 atom stereocenters. The largest absolute Gasteiger partial charge is 0.494 e. The minimum Gasteiger partial charge on any atom is -0.494 e. The van der Waals surface area contributed by atoms with Gasteiger partial charge in [-0.3, -0.25) is 24.6 Å². The summed E-state index contributed by atoms with van der Waals surface area (Å²) < 4.78 is 7.60. The van der Waals surface area contributed by atoms with Gasteiger partial charge in [0.2, 0.25) is 0 Å². The number of non-ortho nitro benzene ring substituents is 1. The third kappa shape index (κ3) is 4.60. The number of hydrogen-bond acceptors (Lipinski definition) is 6. The Morgan fingerprint density at radius 1 is 1.06 bits per heavy atom. The van der Waals surface area contributed by atoms with Crippen molar-refractivity contribution in [3.8, 4) is 11.4 Å². The molecule has 2 amide bonds. The first kappa shape index (κ1) is 23.3. The molecule has 174 valence electrons. The number of aryl methyl sites for hydroxylation is 1. The maximum atomic E-state index is 13.0. The highest BCUT2D eigenvalue weighted by Gasteiger charge is 2.35. The van der Waals surface area contributed by atoms with Crippen molar-refractivity contribution < 1.29 is 19.2 Å². The van der Waals surface area contributed by atoms with Crippen LogP contribution >= 0.6 is 11.8 Å². The summed E-state index contributed by atoms with van der Waals surface area (Å²) in [6, 6.07) is 15.6. The molecule has 2 heterocycles. The lowest BCUT2D eigenvalue weighted by Crippen LogP contribution is -2.27. The molecule has 1 saturated heterocycles. The number of carbonyl (C=O) groups excluding carboxylic acids is 2. The van der Waals surface area contributed by atoms with Crippen molar-refractivity contribution in [1.29, 1.82) is 0 Å². The summed E-state index contributed by atoms with van der Waals surface area (Å²) in [6.07, 6.45) is 1.74. The van der Waals surface area contributed by atoms with Gasteiger partial charge in [0.1, 0.15) is 5.75 Å². The molecular formula is C25H23N3O5S. The molecule has 34 heavy (non-hydrogen) atoms. The maximum absolute atomic E-state index is 13.0. The summed E-state index contributed by atoms with van der Waals surface area (Å²) in [5.41, 5.74) is 4.38. The monoisotopic (exact) mass is 477 g/mol. The van der Waals surface area contributed by atoms with E-state index in [2.05, 4.69) is 4.57 Å². The first-order valence-electron chi connectivity index (χ1n) is 10.7. The van der Waals surface area contributed by atoms with E-state index in [0.717, 1.165) is 45.1 Å². The molecule has 0 saturated carbocycles. The van der Waals surface area contributed by atoms with Crippen LogP contribution in [0.2, 0.25) is 0 Å². The van der Waals surface area contributed by atoms with Gasteiger partial charge in [-0.05, 0) is 80.1 Å². The predicted octanol–water partition coefficient (Wildman–Crippen LogP) is 5.64. The molecule has 1 aromatic heterocycles. The molecule has 1 fully saturated rings. The number of imide groups is 1. The van der Waals surface area contributed by atoms with Crippen LogP contribution in [0, 0.1) is 24.0 Å². The van der Waals surface area contributed by atoms with Gasteiger partial charge in [-0.1, -0.05) is 12.1 Å². The van der Waals surface area contributed by atoms with E-state index in [4.69, 9.17) is 4.74 Å². The molecule has 1 aliphatic heterocycles. The number of nitro groups is 1. The maximum Gasteiger partial charge on any atom is 0.293 e. The molecule has 0 aliphatic carbocycles. The quantitative estimate of drug-likeness (QED) is 0.248. The number of nitrogens with zero attached hydrogens (tertiary/aromatic N) is 3. The highest BCUT2D eigenvalue weighted by molar-refractivity contribution is 8.18. The van der Waals surface area contributed by atoms with Gasteiger partial charge in [0.15, 0.2) is 0 Å². The Labute approximate surface area is 201 Å². The normalized spacial score (nSPS) is 14.8. The Kier molecular flexibility index (Phi) is 6.56. The van der Waals surface area contributed by atoms with Crippen LogP contribution in [0.5, 0.6) is 5.75 Å². The lowest BCUT2D eigenvalue weighted by atomic mass is 10.2. The van der Waals surface area contributed by atoms with E-state index in [9.17, 15) is 19.7 Å². The van der Waals surface area contributed by atoms with Gasteiger partial charge in [0.05, 0.1) is 23.0 Å². The summed E-state index contributed by atoms with van der Waals surface area (Å²) in [5, 5.41) is 10.5. The van der Waals surface area contributed by atoms with Crippen LogP contribution in [-0.4, -0.2) is 32.1 Å². The molecule has 8 nitrogen and oxygen atoms in total. The van der Waals surface area contributed by atoms with Crippen molar-refractivity contribution in [3.05, 3.63) is 92.1 Å². The molecule has 0 N–H and O–H groups in total. The second-order valence-corrected chi connectivity index (χ2v) is 8.77. The number of amides is 2. The van der Waals surface area contributed by atoms with Crippen molar-refractivity contribution in [2.24, 2.45) is 0 Å². The van der Waals surface area contributed by atoms with Gasteiger partial charge < -0.3 is 9.30 Å². The molecular weight excluding hydrogens is 454 g/mol. The zero-order chi connectivity index (χ0) is 24.4. The number of aromatic nitrogens is 1. The zero-order valence-electron chi connectivity index (χ0n) is 19.0. The highest BCUT2D eigenvalue weighted by Crippen LogP contribution is 2.35. The highest BCUT2D eigenvalue weighted by atomic mass is 32.2. The smallest absolute Gasteiger partial charge is 0.293 e. The van der Waals surface area contributed by atoms with Crippen LogP contribution in [0.1, 0.15) is 29.4 Å². The fraction of sp³-hybridized carbons (Fsp3) is 0.200. The van der Waals surface area contributed by atoms with Crippen molar-refractivity contribution in [3.63, 3.8) is 0 Å². The summed E-state index contributed by atoms with van der Waals surface area (Å²) in [6.45, 7) is 6.56. The molecule has 0 unspecified atom stereocenters. The number of carbonyl (C=O) groups is 2. The first-order chi connectivity index (χ1) is 16.3. The number of hydrogen-bond donors (Lipinski definition) is 0. The molecule has 2 aromatic carbocycles. The van der Waals surface area contributed by atoms with Crippen LogP contribution in [0.3, 0.4) is 0 Å². The van der Waals surface area contributed by atoms with Crippen LogP contribution in [0.15, 0.2) is 59.5 Å². The predicted molar refractivity (Wildman–Crippen MR) is 131 cm³/mol. The van der Waals surface area contributed by atoms with E-state index in [1.165, 1.54) is 12.1 Å². The Hall–Kier alpha value is -3.85. The van der Waals surface area contributed by atoms with E-state index in [1.807, 2.05) is 51.1 Å². The number of benzene rings is 2. The minimum atomic E-state index is -0.490. The van der Waals surface area contributed by atoms with E-state index in [-0.39, 0.29) is 23.4 Å². The van der Waals surface area contributed by atoms with Gasteiger partial charge in [-0.15, -0.1) is 0 Å². The molecule has 0 bridgehead atoms. The van der Waals surface area contributed by atoms with Gasteiger partial charge in [0, 0.05) is 29.2 Å². The van der Waals surface area contributed by atoms with E-state index < -0.39 is 4.92 Å². The van der Waals surface area contributed by atoms with Crippen LogP contribution < -0.4 is 4.74 Å². The SMILES string of the molecule is CCOc1ccc(-n2c(C)cc(/C=C3\SC(=O)N(Cc4ccc([N+](=O)[O-])cc4)C3=O)c2C)cc1. The van der Waals surface area contributed by atoms with Crippen LogP contribution in [-0.2, 0) is 11.3 Å². The second-order valence-electron chi connectivity index (χ2n) is 7.78. The number of nitro benzene ring substituents is 1. The fourth-order valence-corrected chi connectivity index (χ4v) is 4.70. The first-order valence-corrected chi connectivity index (χ1v) is 11.5. The lowest BCUT2D eigenvalue weighted by molar-refractivity contribution is -0.384. The molecule has 4 rings (SSSR count). The van der Waals surface area contributed by atoms with Gasteiger partial charge in [-0.2, -0.15) is 0 Å². The molecule has 9 heteroatoms. The number of thioether (sulfide) groups is 1. The minimum absolute atomic E-state index is 0.0410. The van der Waals surface area contributed by atoms with Gasteiger partial charge >= 0.3 is 0 Å². The van der Waals surface area contributed by atoms with Crippen molar-refractivity contribution in [2.45, 2.75) is 27.3 Å². The summed E-state index contributed by atoms with van der Waals surface area (Å²) in [7, 11) is 0. The van der Waals surface area contributed by atoms with E-state index in [0.29, 0.717) is 17.1 Å². The van der Waals surface area contributed by atoms with E-state index in [1.54, 1.807) is 18.2 Å². The standard InChI is InChI=1S/C25H23N3O5S/c1-4-33-22-11-9-20(10-12-22)27-16(2)13-19(17(27)3)14-23-24(29)26(25(30)34-23)15-18-5-7-21(8-6-18)28(31)32/h5-14H,4,15H2,1-3H3/b23-14-. The summed E-state index contributed by atoms with van der Waals surface area (Å²) >= 11 is 0.895. The van der Waals surface area contributed by atoms with Gasteiger partial charge in [0.25, 0.3) is 16.8 Å². The third-order valence-electron chi connectivity index (χ3n) is 5.52. The summed E-state index contributed by atoms with van der Waals surface area (Å²) in [4.78, 5) is 37.3. The van der Waals surface area contributed by atoms with Crippen molar-refractivity contribution >= 4 is 34.7 Å². The zero-order valence-corrected chi connectivity index (χ0v) is 19.8. The number of rotatable bonds is 7. The topological polar surface area (TPSA) is 94.7 Å². The molecule has 1 aliphatic rings. The fourth-order valence-electron chi connectivity index (χ4n) is 3.87. The van der Waals surface area contributed by atoms with Crippen LogP contribution in [0.4, 0.5) is 10.5 Å². The van der Waals surface area contributed by atoms with Gasteiger partial charge in [-0.25, -0.2) is 0 Å². The average molecular weight is 478 g/mol. The van der Waals surface area contributed by atoms with E-state index >= 15 is 0 Å². The molecule has 0 radical (unpaired) electrons. The Morgan fingerprint density at radius 2 is 1.74 bits per heavy atom. The average Bonchev–Trinajstić information content (AvgIpc) is 3.24. The summed E-state index contributed by atoms with van der Waals surface area (Å²) in [5.74, 6) is 0.426. The molecule has 0 spiro atoms. The van der Waals surface area contributed by atoms with Crippen molar-refractivity contribution in [1.82, 2.24) is 9.47 Å². The number of ether oxygens (including phenoxy) is 1. The Morgan fingerprint density at radius 3 is 2.35 bits per heavy atom. The van der Waals surface area contributed by atoms with Crippen molar-refractivity contribution in [2.75, 3.05) is 6.61 Å². The third-order valence-corrected chi connectivity index (χ3v) is 6.43. The Bertz CT molecular complexity index is 1290. The lowest BCUT2D eigenvalue weighted by Gasteiger charge is -2.12. The second kappa shape index (κ2) is 9.56.